The van der Waals surface area contributed by atoms with Crippen molar-refractivity contribution in [2.24, 2.45) is 5.41 Å². The molecule has 2 aromatic rings. The number of benzene rings is 2. The number of carbonyl (C=O) groups is 1. The zero-order valence-corrected chi connectivity index (χ0v) is 13.2. The van der Waals surface area contributed by atoms with Crippen LogP contribution in [0.25, 0.3) is 11.1 Å². The fraction of sp³-hybridized carbons (Fsp3) is 0.316. The van der Waals surface area contributed by atoms with Gasteiger partial charge >= 0.3 is 0 Å². The van der Waals surface area contributed by atoms with Crippen LogP contribution in [-0.2, 0) is 0 Å². The summed E-state index contributed by atoms with van der Waals surface area (Å²) in [5, 5.41) is 12.3. The number of amides is 1. The second kappa shape index (κ2) is 6.42. The highest BCUT2D eigenvalue weighted by molar-refractivity contribution is 5.96. The molecule has 0 spiro atoms. The number of carbonyl (C=O) groups excluding carboxylic acids is 1. The standard InChI is InChI=1S/C19H21NO3/c1-23-17-8-7-15(11-16(17)14-5-3-2-4-6-14)18(22)20-12-19(13-21)9-10-19/h2-8,11,21H,9-10,12-13H2,1H3,(H,20,22). The van der Waals surface area contributed by atoms with E-state index in [1.807, 2.05) is 42.5 Å². The van der Waals surface area contributed by atoms with Crippen LogP contribution in [0.4, 0.5) is 0 Å². The Kier molecular flexibility index (Phi) is 4.35. The third kappa shape index (κ3) is 3.37. The Morgan fingerprint density at radius 3 is 2.57 bits per heavy atom. The van der Waals surface area contributed by atoms with Crippen LogP contribution in [0.2, 0.25) is 0 Å². The first-order valence-corrected chi connectivity index (χ1v) is 7.80. The Morgan fingerprint density at radius 2 is 1.96 bits per heavy atom. The maximum atomic E-state index is 12.4. The second-order valence-corrected chi connectivity index (χ2v) is 6.12. The molecule has 1 fully saturated rings. The van der Waals surface area contributed by atoms with Crippen molar-refractivity contribution in [2.75, 3.05) is 20.3 Å². The van der Waals surface area contributed by atoms with Crippen LogP contribution in [0, 0.1) is 5.41 Å². The van der Waals surface area contributed by atoms with Gasteiger partial charge in [0, 0.05) is 23.1 Å². The van der Waals surface area contributed by atoms with Gasteiger partial charge in [-0.2, -0.15) is 0 Å². The molecule has 0 aromatic heterocycles. The van der Waals surface area contributed by atoms with Gasteiger partial charge in [0.25, 0.3) is 5.91 Å². The highest BCUT2D eigenvalue weighted by atomic mass is 16.5. The van der Waals surface area contributed by atoms with Gasteiger partial charge in [-0.25, -0.2) is 0 Å². The maximum Gasteiger partial charge on any atom is 0.251 e. The van der Waals surface area contributed by atoms with E-state index in [0.717, 1.165) is 29.7 Å². The van der Waals surface area contributed by atoms with Gasteiger partial charge in [-0.05, 0) is 36.6 Å². The zero-order valence-electron chi connectivity index (χ0n) is 13.2. The lowest BCUT2D eigenvalue weighted by molar-refractivity contribution is 0.0935. The van der Waals surface area contributed by atoms with E-state index >= 15 is 0 Å². The lowest BCUT2D eigenvalue weighted by Gasteiger charge is -2.14. The lowest BCUT2D eigenvalue weighted by atomic mass is 10.0. The van der Waals surface area contributed by atoms with E-state index in [4.69, 9.17) is 4.74 Å². The summed E-state index contributed by atoms with van der Waals surface area (Å²) in [7, 11) is 1.62. The summed E-state index contributed by atoms with van der Waals surface area (Å²) in [4.78, 5) is 12.4. The van der Waals surface area contributed by atoms with E-state index < -0.39 is 0 Å². The second-order valence-electron chi connectivity index (χ2n) is 6.12. The first-order valence-electron chi connectivity index (χ1n) is 7.80. The molecular formula is C19H21NO3. The quantitative estimate of drug-likeness (QED) is 0.862. The number of ether oxygens (including phenoxy) is 1. The molecule has 0 radical (unpaired) electrons. The average Bonchev–Trinajstić information content (AvgIpc) is 3.40. The summed E-state index contributed by atoms with van der Waals surface area (Å²) in [6.45, 7) is 0.653. The minimum atomic E-state index is -0.121. The molecule has 0 saturated heterocycles. The molecule has 4 heteroatoms. The van der Waals surface area contributed by atoms with Crippen LogP contribution in [-0.4, -0.2) is 31.3 Å². The van der Waals surface area contributed by atoms with Crippen molar-refractivity contribution in [2.45, 2.75) is 12.8 Å². The molecule has 0 atom stereocenters. The molecule has 23 heavy (non-hydrogen) atoms. The fourth-order valence-corrected chi connectivity index (χ4v) is 2.63. The van der Waals surface area contributed by atoms with Crippen LogP contribution in [0.5, 0.6) is 5.75 Å². The minimum absolute atomic E-state index is 0.0929. The van der Waals surface area contributed by atoms with Crippen LogP contribution in [0.3, 0.4) is 0 Å². The molecule has 2 aromatic carbocycles. The summed E-state index contributed by atoms with van der Waals surface area (Å²) in [5.41, 5.74) is 2.40. The van der Waals surface area contributed by atoms with Crippen molar-refractivity contribution < 1.29 is 14.6 Å². The maximum absolute atomic E-state index is 12.4. The third-order valence-electron chi connectivity index (χ3n) is 4.46. The van der Waals surface area contributed by atoms with Gasteiger partial charge in [-0.15, -0.1) is 0 Å². The van der Waals surface area contributed by atoms with Gasteiger partial charge in [-0.3, -0.25) is 4.79 Å². The molecule has 120 valence electrons. The summed E-state index contributed by atoms with van der Waals surface area (Å²) < 4.78 is 5.41. The lowest BCUT2D eigenvalue weighted by Crippen LogP contribution is -2.31. The summed E-state index contributed by atoms with van der Waals surface area (Å²) in [5.74, 6) is 0.617. The molecule has 1 amide bonds. The van der Waals surface area contributed by atoms with E-state index in [1.165, 1.54) is 0 Å². The Hall–Kier alpha value is -2.33. The molecule has 3 rings (SSSR count). The van der Waals surface area contributed by atoms with Crippen LogP contribution in [0.1, 0.15) is 23.2 Å². The topological polar surface area (TPSA) is 58.6 Å². The van der Waals surface area contributed by atoms with Crippen molar-refractivity contribution in [3.63, 3.8) is 0 Å². The first-order chi connectivity index (χ1) is 11.2. The van der Waals surface area contributed by atoms with Gasteiger partial charge < -0.3 is 15.2 Å². The highest BCUT2D eigenvalue weighted by Crippen LogP contribution is 2.44. The summed E-state index contributed by atoms with van der Waals surface area (Å²) >= 11 is 0. The molecule has 4 nitrogen and oxygen atoms in total. The number of aliphatic hydroxyl groups is 1. The monoisotopic (exact) mass is 311 g/mol. The third-order valence-corrected chi connectivity index (χ3v) is 4.46. The summed E-state index contributed by atoms with van der Waals surface area (Å²) in [6, 6.07) is 15.3. The van der Waals surface area contributed by atoms with E-state index in [-0.39, 0.29) is 17.9 Å². The summed E-state index contributed by atoms with van der Waals surface area (Å²) in [6.07, 6.45) is 1.95. The molecular weight excluding hydrogens is 290 g/mol. The molecule has 1 aliphatic rings. The van der Waals surface area contributed by atoms with E-state index in [1.54, 1.807) is 13.2 Å². The minimum Gasteiger partial charge on any atom is -0.496 e. The highest BCUT2D eigenvalue weighted by Gasteiger charge is 2.42. The smallest absolute Gasteiger partial charge is 0.251 e. The number of hydrogen-bond acceptors (Lipinski definition) is 3. The molecule has 1 saturated carbocycles. The van der Waals surface area contributed by atoms with E-state index in [2.05, 4.69) is 5.32 Å². The van der Waals surface area contributed by atoms with Crippen molar-refractivity contribution in [3.8, 4) is 16.9 Å². The molecule has 0 heterocycles. The van der Waals surface area contributed by atoms with Gasteiger partial charge in [0.05, 0.1) is 13.7 Å². The Bertz CT molecular complexity index is 693. The molecule has 0 bridgehead atoms. The Morgan fingerprint density at radius 1 is 1.22 bits per heavy atom. The van der Waals surface area contributed by atoms with Crippen molar-refractivity contribution in [1.82, 2.24) is 5.32 Å². The van der Waals surface area contributed by atoms with Crippen LogP contribution in [0.15, 0.2) is 48.5 Å². The largest absolute Gasteiger partial charge is 0.496 e. The predicted molar refractivity (Wildman–Crippen MR) is 89.5 cm³/mol. The average molecular weight is 311 g/mol. The van der Waals surface area contributed by atoms with Crippen molar-refractivity contribution in [1.29, 1.82) is 0 Å². The van der Waals surface area contributed by atoms with E-state index in [0.29, 0.717) is 12.1 Å². The number of nitrogens with one attached hydrogen (secondary N) is 1. The van der Waals surface area contributed by atoms with Gasteiger partial charge in [0.2, 0.25) is 0 Å². The SMILES string of the molecule is COc1ccc(C(=O)NCC2(CO)CC2)cc1-c1ccccc1. The van der Waals surface area contributed by atoms with Gasteiger partial charge in [0.1, 0.15) is 5.75 Å². The van der Waals surface area contributed by atoms with Gasteiger partial charge in [0.15, 0.2) is 0 Å². The molecule has 0 unspecified atom stereocenters. The molecule has 2 N–H and O–H groups in total. The Balaban J connectivity index is 1.81. The van der Waals surface area contributed by atoms with Crippen LogP contribution < -0.4 is 10.1 Å². The van der Waals surface area contributed by atoms with Gasteiger partial charge in [-0.1, -0.05) is 30.3 Å². The number of rotatable bonds is 6. The predicted octanol–water partition coefficient (Wildman–Crippen LogP) is 2.86. The zero-order chi connectivity index (χ0) is 16.3. The first kappa shape index (κ1) is 15.6. The van der Waals surface area contributed by atoms with E-state index in [9.17, 15) is 9.90 Å². The Labute approximate surface area is 136 Å². The van der Waals surface area contributed by atoms with Crippen molar-refractivity contribution >= 4 is 5.91 Å². The fourth-order valence-electron chi connectivity index (χ4n) is 2.63. The molecule has 0 aliphatic heterocycles. The molecule has 1 aliphatic carbocycles. The number of hydrogen-bond donors (Lipinski definition) is 2. The normalized spacial score (nSPS) is 15.0. The van der Waals surface area contributed by atoms with Crippen molar-refractivity contribution in [3.05, 3.63) is 54.1 Å². The number of methoxy groups -OCH3 is 1. The number of aliphatic hydroxyl groups excluding tert-OH is 1. The van der Waals surface area contributed by atoms with Crippen LogP contribution >= 0.6 is 0 Å².